The van der Waals surface area contributed by atoms with E-state index in [0.29, 0.717) is 25.1 Å². The normalized spacial score (nSPS) is 17.2. The van der Waals surface area contributed by atoms with Crippen molar-refractivity contribution in [2.75, 3.05) is 39.5 Å². The van der Waals surface area contributed by atoms with Crippen LogP contribution >= 0.6 is 0 Å². The van der Waals surface area contributed by atoms with E-state index in [1.54, 1.807) is 6.92 Å². The highest BCUT2D eigenvalue weighted by Crippen LogP contribution is 2.32. The number of hydrogen-bond donors (Lipinski definition) is 1. The molecule has 1 N–H and O–H groups in total. The van der Waals surface area contributed by atoms with E-state index in [4.69, 9.17) is 14.0 Å². The minimum Gasteiger partial charge on any atom is -0.454 e. The predicted octanol–water partition coefficient (Wildman–Crippen LogP) is 1.39. The summed E-state index contributed by atoms with van der Waals surface area (Å²) in [4.78, 5) is 13.6. The van der Waals surface area contributed by atoms with E-state index in [2.05, 4.69) is 49.3 Å². The maximum absolute atomic E-state index is 5.48. The summed E-state index contributed by atoms with van der Waals surface area (Å²) in [5, 5.41) is 7.27. The van der Waals surface area contributed by atoms with E-state index in [1.165, 1.54) is 5.56 Å². The van der Waals surface area contributed by atoms with E-state index in [0.717, 1.165) is 56.7 Å². The van der Waals surface area contributed by atoms with Crippen LogP contribution in [0.15, 0.2) is 27.7 Å². The molecule has 2 aromatic rings. The van der Waals surface area contributed by atoms with Crippen molar-refractivity contribution in [3.8, 4) is 11.5 Å². The third-order valence-corrected chi connectivity index (χ3v) is 4.79. The number of aryl methyl sites for hydroxylation is 1. The highest BCUT2D eigenvalue weighted by molar-refractivity contribution is 5.80. The van der Waals surface area contributed by atoms with Gasteiger partial charge in [0.05, 0.1) is 0 Å². The van der Waals surface area contributed by atoms with Crippen LogP contribution in [0.3, 0.4) is 0 Å². The molecular weight excluding hydrogens is 360 g/mol. The first-order valence-corrected chi connectivity index (χ1v) is 9.64. The van der Waals surface area contributed by atoms with E-state index in [-0.39, 0.29) is 0 Å². The Balaban J connectivity index is 1.32. The van der Waals surface area contributed by atoms with Crippen molar-refractivity contribution in [1.29, 1.82) is 0 Å². The number of nitrogens with zero attached hydrogens (tertiary/aromatic N) is 5. The molecule has 0 bridgehead atoms. The Kier molecular flexibility index (Phi) is 5.61. The Morgan fingerprint density at radius 3 is 2.75 bits per heavy atom. The molecule has 2 aliphatic rings. The Morgan fingerprint density at radius 2 is 2.00 bits per heavy atom. The maximum Gasteiger partial charge on any atom is 0.231 e. The van der Waals surface area contributed by atoms with Gasteiger partial charge in [-0.05, 0) is 24.6 Å². The fourth-order valence-corrected chi connectivity index (χ4v) is 3.39. The van der Waals surface area contributed by atoms with Crippen LogP contribution in [0.2, 0.25) is 0 Å². The average Bonchev–Trinajstić information content (AvgIpc) is 3.34. The van der Waals surface area contributed by atoms with Crippen molar-refractivity contribution in [2.24, 2.45) is 4.99 Å². The van der Waals surface area contributed by atoms with Crippen LogP contribution < -0.4 is 14.8 Å². The highest BCUT2D eigenvalue weighted by atomic mass is 16.7. The van der Waals surface area contributed by atoms with Crippen LogP contribution in [0.1, 0.15) is 24.2 Å². The number of hydrogen-bond acceptors (Lipinski definition) is 7. The Labute approximate surface area is 164 Å². The van der Waals surface area contributed by atoms with Crippen LogP contribution in [-0.4, -0.2) is 65.4 Å². The number of aliphatic imine (C=N–C) groups is 1. The van der Waals surface area contributed by atoms with Crippen LogP contribution in [-0.2, 0) is 13.1 Å². The van der Waals surface area contributed by atoms with Gasteiger partial charge < -0.3 is 24.2 Å². The van der Waals surface area contributed by atoms with Gasteiger partial charge in [0.2, 0.25) is 12.7 Å². The lowest BCUT2D eigenvalue weighted by Gasteiger charge is -2.36. The molecule has 28 heavy (non-hydrogen) atoms. The van der Waals surface area contributed by atoms with Gasteiger partial charge in [-0.1, -0.05) is 11.2 Å². The van der Waals surface area contributed by atoms with Crippen LogP contribution in [0.25, 0.3) is 0 Å². The molecule has 1 fully saturated rings. The third kappa shape index (κ3) is 4.36. The zero-order valence-electron chi connectivity index (χ0n) is 16.3. The number of piperazine rings is 1. The van der Waals surface area contributed by atoms with Gasteiger partial charge in [0.15, 0.2) is 23.3 Å². The summed E-state index contributed by atoms with van der Waals surface area (Å²) in [7, 11) is 0. The van der Waals surface area contributed by atoms with Crippen molar-refractivity contribution in [3.63, 3.8) is 0 Å². The first-order chi connectivity index (χ1) is 13.7. The van der Waals surface area contributed by atoms with Gasteiger partial charge in [-0.15, -0.1) is 0 Å². The number of benzene rings is 1. The van der Waals surface area contributed by atoms with E-state index >= 15 is 0 Å². The molecule has 1 aromatic heterocycles. The number of rotatable bonds is 5. The molecule has 0 spiro atoms. The van der Waals surface area contributed by atoms with Crippen molar-refractivity contribution in [3.05, 3.63) is 35.5 Å². The summed E-state index contributed by atoms with van der Waals surface area (Å²) < 4.78 is 15.9. The minimum absolute atomic E-state index is 0.313. The number of ether oxygens (including phenoxy) is 2. The van der Waals surface area contributed by atoms with Gasteiger partial charge in [-0.3, -0.25) is 4.90 Å². The van der Waals surface area contributed by atoms with Gasteiger partial charge in [-0.2, -0.15) is 4.98 Å². The monoisotopic (exact) mass is 386 g/mol. The van der Waals surface area contributed by atoms with Crippen molar-refractivity contribution in [2.45, 2.75) is 26.9 Å². The molecule has 9 nitrogen and oxygen atoms in total. The molecule has 0 unspecified atom stereocenters. The summed E-state index contributed by atoms with van der Waals surface area (Å²) in [6.45, 7) is 10.1. The molecule has 3 heterocycles. The molecule has 9 heteroatoms. The topological polar surface area (TPSA) is 88.2 Å². The van der Waals surface area contributed by atoms with Gasteiger partial charge in [-0.25, -0.2) is 4.99 Å². The zero-order chi connectivity index (χ0) is 19.3. The fraction of sp³-hybridized carbons (Fsp3) is 0.526. The fourth-order valence-electron chi connectivity index (χ4n) is 3.39. The van der Waals surface area contributed by atoms with Crippen LogP contribution in [0.4, 0.5) is 0 Å². The molecule has 0 saturated carbocycles. The molecule has 0 amide bonds. The second-order valence-electron chi connectivity index (χ2n) is 6.85. The zero-order valence-corrected chi connectivity index (χ0v) is 16.3. The molecule has 1 aromatic carbocycles. The van der Waals surface area contributed by atoms with Crippen molar-refractivity contribution < 1.29 is 14.0 Å². The average molecular weight is 386 g/mol. The quantitative estimate of drug-likeness (QED) is 0.609. The summed E-state index contributed by atoms with van der Waals surface area (Å²) >= 11 is 0. The maximum atomic E-state index is 5.48. The summed E-state index contributed by atoms with van der Waals surface area (Å²) in [6, 6.07) is 6.18. The molecular formula is C19H26N6O3. The van der Waals surface area contributed by atoms with E-state index in [9.17, 15) is 0 Å². The highest BCUT2D eigenvalue weighted by Gasteiger charge is 2.21. The Hall–Kier alpha value is -2.81. The number of fused-ring (bicyclic) bond motifs is 1. The van der Waals surface area contributed by atoms with E-state index in [1.807, 2.05) is 6.07 Å². The first kappa shape index (κ1) is 18.5. The standard InChI is InChI=1S/C19H26N6O3/c1-3-20-19(21-11-18-22-14(2)28-23-18)25-8-6-24(7-9-25)12-15-4-5-16-17(10-15)27-13-26-16/h4-5,10H,3,6-9,11-13H2,1-2H3,(H,20,21). The third-order valence-electron chi connectivity index (χ3n) is 4.79. The molecule has 0 radical (unpaired) electrons. The molecule has 1 saturated heterocycles. The lowest BCUT2D eigenvalue weighted by molar-refractivity contribution is 0.171. The lowest BCUT2D eigenvalue weighted by Crippen LogP contribution is -2.52. The Bertz CT molecular complexity index is 829. The first-order valence-electron chi connectivity index (χ1n) is 9.64. The number of nitrogens with one attached hydrogen (secondary N) is 1. The largest absolute Gasteiger partial charge is 0.454 e. The smallest absolute Gasteiger partial charge is 0.231 e. The second kappa shape index (κ2) is 8.47. The van der Waals surface area contributed by atoms with E-state index < -0.39 is 0 Å². The minimum atomic E-state index is 0.313. The van der Waals surface area contributed by atoms with Gasteiger partial charge in [0.25, 0.3) is 0 Å². The van der Waals surface area contributed by atoms with Crippen molar-refractivity contribution >= 4 is 5.96 Å². The molecule has 0 atom stereocenters. The lowest BCUT2D eigenvalue weighted by atomic mass is 10.1. The van der Waals surface area contributed by atoms with Crippen LogP contribution in [0, 0.1) is 6.92 Å². The summed E-state index contributed by atoms with van der Waals surface area (Å²) in [6.07, 6.45) is 0. The predicted molar refractivity (Wildman–Crippen MR) is 103 cm³/mol. The summed E-state index contributed by atoms with van der Waals surface area (Å²) in [5.74, 6) is 3.74. The molecule has 2 aliphatic heterocycles. The Morgan fingerprint density at radius 1 is 1.18 bits per heavy atom. The van der Waals surface area contributed by atoms with Gasteiger partial charge in [0, 0.05) is 46.2 Å². The van der Waals surface area contributed by atoms with Gasteiger partial charge >= 0.3 is 0 Å². The van der Waals surface area contributed by atoms with Gasteiger partial charge in [0.1, 0.15) is 6.54 Å². The number of aromatic nitrogens is 2. The van der Waals surface area contributed by atoms with Crippen LogP contribution in [0.5, 0.6) is 11.5 Å². The molecule has 0 aliphatic carbocycles. The molecule has 4 rings (SSSR count). The SMILES string of the molecule is CCNC(=NCc1noc(C)n1)N1CCN(Cc2ccc3c(c2)OCO3)CC1. The second-order valence-corrected chi connectivity index (χ2v) is 6.85. The molecule has 150 valence electrons. The summed E-state index contributed by atoms with van der Waals surface area (Å²) in [5.41, 5.74) is 1.24. The van der Waals surface area contributed by atoms with Crippen molar-refractivity contribution in [1.82, 2.24) is 25.3 Å². The number of guanidine groups is 1.